The van der Waals surface area contributed by atoms with Crippen molar-refractivity contribution in [2.24, 2.45) is 0 Å². The first-order chi connectivity index (χ1) is 8.40. The maximum Gasteiger partial charge on any atom is 0.184 e. The molecule has 0 saturated carbocycles. The number of hydrogen-bond donors (Lipinski definition) is 0. The van der Waals surface area contributed by atoms with E-state index in [0.29, 0.717) is 0 Å². The van der Waals surface area contributed by atoms with Crippen LogP contribution >= 0.6 is 0 Å². The number of Topliss-reactive ketones (excluding diaryl/α,β-unsaturated/α-hetero) is 1. The number of carbonyl (C=O) groups excluding carboxylic acids is 1. The minimum absolute atomic E-state index is 0.149. The van der Waals surface area contributed by atoms with E-state index in [0.717, 1.165) is 11.1 Å². The van der Waals surface area contributed by atoms with Crippen molar-refractivity contribution in [2.75, 3.05) is 0 Å². The Labute approximate surface area is 109 Å². The maximum absolute atomic E-state index is 12.1. The van der Waals surface area contributed by atoms with Gasteiger partial charge in [-0.15, -0.1) is 0 Å². The molecule has 0 unspecified atom stereocenters. The van der Waals surface area contributed by atoms with Crippen LogP contribution in [0.2, 0.25) is 0 Å². The van der Waals surface area contributed by atoms with Gasteiger partial charge in [0.15, 0.2) is 5.78 Å². The molecule has 0 spiro atoms. The summed E-state index contributed by atoms with van der Waals surface area (Å²) in [6, 6.07) is 10.4. The second-order valence-corrected chi connectivity index (χ2v) is 5.32. The van der Waals surface area contributed by atoms with Crippen molar-refractivity contribution in [3.63, 3.8) is 0 Å². The standard InChI is InChI=1S/C17H20O/c1-11-13(3)17(5,14(4)12(2)16(11)18)15-9-7-6-8-10-15/h6-10H,1-5H3. The average molecular weight is 240 g/mol. The lowest BCUT2D eigenvalue weighted by molar-refractivity contribution is -0.112. The summed E-state index contributed by atoms with van der Waals surface area (Å²) in [6.45, 7) is 10.3. The molecule has 2 rings (SSSR count). The topological polar surface area (TPSA) is 17.1 Å². The Bertz CT molecular complexity index is 531. The number of ketones is 1. The van der Waals surface area contributed by atoms with E-state index in [1.807, 2.05) is 19.9 Å². The predicted octanol–water partition coefficient (Wildman–Crippen LogP) is 4.20. The van der Waals surface area contributed by atoms with E-state index in [9.17, 15) is 4.79 Å². The maximum atomic E-state index is 12.1. The van der Waals surface area contributed by atoms with Crippen LogP contribution in [0.5, 0.6) is 0 Å². The highest BCUT2D eigenvalue weighted by molar-refractivity contribution is 6.10. The van der Waals surface area contributed by atoms with E-state index >= 15 is 0 Å². The van der Waals surface area contributed by atoms with Crippen molar-refractivity contribution in [3.05, 3.63) is 58.2 Å². The van der Waals surface area contributed by atoms with Crippen LogP contribution in [0.4, 0.5) is 0 Å². The van der Waals surface area contributed by atoms with E-state index in [1.54, 1.807) is 0 Å². The molecule has 1 aliphatic rings. The van der Waals surface area contributed by atoms with Crippen molar-refractivity contribution in [1.29, 1.82) is 0 Å². The molecule has 1 aromatic carbocycles. The smallest absolute Gasteiger partial charge is 0.184 e. The van der Waals surface area contributed by atoms with Crippen molar-refractivity contribution in [3.8, 4) is 0 Å². The molecule has 0 aliphatic heterocycles. The number of rotatable bonds is 1. The Morgan fingerprint density at radius 1 is 0.833 bits per heavy atom. The normalized spacial score (nSPS) is 19.5. The van der Waals surface area contributed by atoms with Crippen molar-refractivity contribution < 1.29 is 4.79 Å². The molecule has 0 atom stereocenters. The van der Waals surface area contributed by atoms with Crippen molar-refractivity contribution in [1.82, 2.24) is 0 Å². The van der Waals surface area contributed by atoms with Gasteiger partial charge < -0.3 is 0 Å². The average Bonchev–Trinajstić information content (AvgIpc) is 2.42. The fourth-order valence-corrected chi connectivity index (χ4v) is 2.86. The summed E-state index contributed by atoms with van der Waals surface area (Å²) >= 11 is 0. The van der Waals surface area contributed by atoms with Gasteiger partial charge in [0.1, 0.15) is 0 Å². The lowest BCUT2D eigenvalue weighted by atomic mass is 9.65. The van der Waals surface area contributed by atoms with Gasteiger partial charge in [0.2, 0.25) is 0 Å². The van der Waals surface area contributed by atoms with Crippen LogP contribution in [0.1, 0.15) is 40.2 Å². The summed E-state index contributed by atoms with van der Waals surface area (Å²) in [5, 5.41) is 0. The monoisotopic (exact) mass is 240 g/mol. The lowest BCUT2D eigenvalue weighted by Crippen LogP contribution is -2.32. The molecule has 1 aliphatic carbocycles. The van der Waals surface area contributed by atoms with Gasteiger partial charge >= 0.3 is 0 Å². The zero-order valence-electron chi connectivity index (χ0n) is 11.8. The number of benzene rings is 1. The molecule has 1 aromatic rings. The van der Waals surface area contributed by atoms with Crippen molar-refractivity contribution in [2.45, 2.75) is 40.0 Å². The zero-order valence-corrected chi connectivity index (χ0v) is 11.8. The highest BCUT2D eigenvalue weighted by Crippen LogP contribution is 2.44. The first-order valence-electron chi connectivity index (χ1n) is 6.36. The molecule has 0 fully saturated rings. The van der Waals surface area contributed by atoms with Crippen LogP contribution in [0.25, 0.3) is 0 Å². The fourth-order valence-electron chi connectivity index (χ4n) is 2.86. The van der Waals surface area contributed by atoms with E-state index in [-0.39, 0.29) is 11.2 Å². The van der Waals surface area contributed by atoms with Crippen LogP contribution in [0.15, 0.2) is 52.6 Å². The third kappa shape index (κ3) is 1.58. The molecular weight excluding hydrogens is 220 g/mol. The van der Waals surface area contributed by atoms with Gasteiger partial charge in [-0.05, 0) is 51.3 Å². The lowest BCUT2D eigenvalue weighted by Gasteiger charge is -2.38. The Morgan fingerprint density at radius 2 is 1.28 bits per heavy atom. The Hall–Kier alpha value is -1.63. The number of hydrogen-bond acceptors (Lipinski definition) is 1. The zero-order chi connectivity index (χ0) is 13.5. The molecular formula is C17H20O. The van der Waals surface area contributed by atoms with Crippen LogP contribution in [-0.4, -0.2) is 5.78 Å². The number of carbonyl (C=O) groups is 1. The molecule has 0 saturated heterocycles. The SMILES string of the molecule is CC1=C(C)C(C)(c2ccccc2)C(C)=C(C)C1=O. The molecule has 1 heteroatoms. The van der Waals surface area contributed by atoms with Gasteiger partial charge in [-0.2, -0.15) is 0 Å². The minimum Gasteiger partial charge on any atom is -0.289 e. The Kier molecular flexibility index (Phi) is 3.02. The molecule has 0 amide bonds. The largest absolute Gasteiger partial charge is 0.289 e. The summed E-state index contributed by atoms with van der Waals surface area (Å²) in [5.74, 6) is 0.193. The first kappa shape index (κ1) is 12.8. The predicted molar refractivity (Wildman–Crippen MR) is 75.5 cm³/mol. The summed E-state index contributed by atoms with van der Waals surface area (Å²) in [4.78, 5) is 12.1. The second kappa shape index (κ2) is 4.24. The molecule has 94 valence electrons. The summed E-state index contributed by atoms with van der Waals surface area (Å²) in [5.41, 5.74) is 5.23. The highest BCUT2D eigenvalue weighted by atomic mass is 16.1. The summed E-state index contributed by atoms with van der Waals surface area (Å²) in [7, 11) is 0. The molecule has 0 bridgehead atoms. The Balaban J connectivity index is 2.73. The van der Waals surface area contributed by atoms with Crippen LogP contribution in [0.3, 0.4) is 0 Å². The van der Waals surface area contributed by atoms with E-state index < -0.39 is 0 Å². The fraction of sp³-hybridized carbons (Fsp3) is 0.353. The van der Waals surface area contributed by atoms with E-state index in [4.69, 9.17) is 0 Å². The highest BCUT2D eigenvalue weighted by Gasteiger charge is 2.38. The summed E-state index contributed by atoms with van der Waals surface area (Å²) < 4.78 is 0. The van der Waals surface area contributed by atoms with E-state index in [1.165, 1.54) is 16.7 Å². The number of allylic oxidation sites excluding steroid dienone is 4. The van der Waals surface area contributed by atoms with Gasteiger partial charge in [-0.25, -0.2) is 0 Å². The second-order valence-electron chi connectivity index (χ2n) is 5.32. The summed E-state index contributed by atoms with van der Waals surface area (Å²) in [6.07, 6.45) is 0. The molecule has 18 heavy (non-hydrogen) atoms. The van der Waals surface area contributed by atoms with Gasteiger partial charge in [-0.1, -0.05) is 41.5 Å². The van der Waals surface area contributed by atoms with Crippen LogP contribution in [0, 0.1) is 0 Å². The molecule has 0 N–H and O–H groups in total. The van der Waals surface area contributed by atoms with Crippen molar-refractivity contribution >= 4 is 5.78 Å². The van der Waals surface area contributed by atoms with Gasteiger partial charge in [0.05, 0.1) is 0 Å². The van der Waals surface area contributed by atoms with Gasteiger partial charge in [0, 0.05) is 5.41 Å². The quantitative estimate of drug-likeness (QED) is 0.719. The minimum atomic E-state index is -0.149. The van der Waals surface area contributed by atoms with Crippen LogP contribution < -0.4 is 0 Å². The third-order valence-corrected chi connectivity index (χ3v) is 4.66. The third-order valence-electron chi connectivity index (χ3n) is 4.66. The molecule has 0 radical (unpaired) electrons. The first-order valence-corrected chi connectivity index (χ1v) is 6.36. The molecule has 0 heterocycles. The Morgan fingerprint density at radius 3 is 1.72 bits per heavy atom. The van der Waals surface area contributed by atoms with E-state index in [2.05, 4.69) is 45.0 Å². The molecule has 0 aromatic heterocycles. The van der Waals surface area contributed by atoms with Gasteiger partial charge in [0.25, 0.3) is 0 Å². The molecule has 1 nitrogen and oxygen atoms in total. The van der Waals surface area contributed by atoms with Gasteiger partial charge in [-0.3, -0.25) is 4.79 Å². The van der Waals surface area contributed by atoms with Crippen LogP contribution in [-0.2, 0) is 10.2 Å².